The van der Waals surface area contributed by atoms with Crippen molar-refractivity contribution in [3.05, 3.63) is 12.4 Å². The molecule has 0 spiro atoms. The predicted molar refractivity (Wildman–Crippen MR) is 61.6 cm³/mol. The van der Waals surface area contributed by atoms with Crippen LogP contribution in [0.1, 0.15) is 19.3 Å². The molecule has 18 heavy (non-hydrogen) atoms. The summed E-state index contributed by atoms with van der Waals surface area (Å²) in [6, 6.07) is 0. The molecule has 98 valence electrons. The lowest BCUT2D eigenvalue weighted by Crippen LogP contribution is -2.43. The molecule has 1 fully saturated rings. The van der Waals surface area contributed by atoms with Crippen molar-refractivity contribution in [3.8, 4) is 0 Å². The lowest BCUT2D eigenvalue weighted by molar-refractivity contribution is -0.147. The summed E-state index contributed by atoms with van der Waals surface area (Å²) < 4.78 is 1.70. The number of amides is 1. The van der Waals surface area contributed by atoms with Crippen LogP contribution in [0.4, 0.5) is 0 Å². The van der Waals surface area contributed by atoms with Crippen LogP contribution in [0.5, 0.6) is 0 Å². The standard InChI is InChI=1S/C11H16N4O3/c16-10-3-2-9(11(17)18)8-14(10)5-1-6-15-7-4-12-13-15/h4,7,9H,1-3,5-6,8H2,(H,17,18). The summed E-state index contributed by atoms with van der Waals surface area (Å²) >= 11 is 0. The van der Waals surface area contributed by atoms with Gasteiger partial charge < -0.3 is 10.0 Å². The summed E-state index contributed by atoms with van der Waals surface area (Å²) in [5, 5.41) is 16.5. The largest absolute Gasteiger partial charge is 0.481 e. The van der Waals surface area contributed by atoms with Crippen molar-refractivity contribution in [2.75, 3.05) is 13.1 Å². The van der Waals surface area contributed by atoms with Crippen LogP contribution < -0.4 is 0 Å². The number of aliphatic carboxylic acids is 1. The predicted octanol–water partition coefficient (Wildman–Crippen LogP) is -0.00860. The number of piperidine rings is 1. The van der Waals surface area contributed by atoms with Crippen molar-refractivity contribution in [2.24, 2.45) is 5.92 Å². The fourth-order valence-electron chi connectivity index (χ4n) is 2.11. The van der Waals surface area contributed by atoms with E-state index in [4.69, 9.17) is 5.11 Å². The van der Waals surface area contributed by atoms with Crippen molar-refractivity contribution >= 4 is 11.9 Å². The molecule has 1 aromatic rings. The van der Waals surface area contributed by atoms with Crippen molar-refractivity contribution < 1.29 is 14.7 Å². The molecule has 1 unspecified atom stereocenters. The van der Waals surface area contributed by atoms with Gasteiger partial charge in [-0.3, -0.25) is 14.3 Å². The zero-order valence-electron chi connectivity index (χ0n) is 10.0. The minimum atomic E-state index is -0.816. The van der Waals surface area contributed by atoms with Gasteiger partial charge in [0.15, 0.2) is 0 Å². The number of carbonyl (C=O) groups is 2. The zero-order chi connectivity index (χ0) is 13.0. The van der Waals surface area contributed by atoms with Gasteiger partial charge in [0.25, 0.3) is 0 Å². The van der Waals surface area contributed by atoms with Gasteiger partial charge in [-0.1, -0.05) is 5.21 Å². The van der Waals surface area contributed by atoms with Crippen LogP contribution in [-0.4, -0.2) is 50.0 Å². The Labute approximate surface area is 104 Å². The van der Waals surface area contributed by atoms with Crippen LogP contribution >= 0.6 is 0 Å². The van der Waals surface area contributed by atoms with E-state index < -0.39 is 11.9 Å². The molecule has 0 saturated carbocycles. The van der Waals surface area contributed by atoms with Gasteiger partial charge >= 0.3 is 5.97 Å². The van der Waals surface area contributed by atoms with Crippen molar-refractivity contribution in [1.82, 2.24) is 19.9 Å². The molecule has 1 N–H and O–H groups in total. The van der Waals surface area contributed by atoms with E-state index in [0.29, 0.717) is 32.5 Å². The van der Waals surface area contributed by atoms with Gasteiger partial charge in [0.05, 0.1) is 12.1 Å². The SMILES string of the molecule is O=C(O)C1CCC(=O)N(CCCn2ccnn2)C1. The first-order chi connectivity index (χ1) is 8.66. The number of hydrogen-bond donors (Lipinski definition) is 1. The molecule has 2 heterocycles. The number of nitrogens with zero attached hydrogens (tertiary/aromatic N) is 4. The summed E-state index contributed by atoms with van der Waals surface area (Å²) in [6.07, 6.45) is 4.90. The van der Waals surface area contributed by atoms with Gasteiger partial charge in [-0.15, -0.1) is 5.10 Å². The quantitative estimate of drug-likeness (QED) is 0.796. The molecule has 0 radical (unpaired) electrons. The summed E-state index contributed by atoms with van der Waals surface area (Å²) in [4.78, 5) is 24.2. The molecule has 0 aliphatic carbocycles. The first-order valence-corrected chi connectivity index (χ1v) is 6.01. The third-order valence-corrected chi connectivity index (χ3v) is 3.14. The Morgan fingerprint density at radius 1 is 1.50 bits per heavy atom. The first-order valence-electron chi connectivity index (χ1n) is 6.01. The highest BCUT2D eigenvalue weighted by Gasteiger charge is 2.29. The monoisotopic (exact) mass is 252 g/mol. The second-order valence-corrected chi connectivity index (χ2v) is 4.43. The van der Waals surface area contributed by atoms with Crippen LogP contribution in [0.3, 0.4) is 0 Å². The van der Waals surface area contributed by atoms with Crippen LogP contribution in [0.2, 0.25) is 0 Å². The lowest BCUT2D eigenvalue weighted by atomic mass is 9.97. The van der Waals surface area contributed by atoms with E-state index in [1.165, 1.54) is 0 Å². The lowest BCUT2D eigenvalue weighted by Gasteiger charge is -2.30. The van der Waals surface area contributed by atoms with Crippen molar-refractivity contribution in [1.29, 1.82) is 0 Å². The van der Waals surface area contributed by atoms with E-state index >= 15 is 0 Å². The molecule has 0 bridgehead atoms. The molecule has 7 nitrogen and oxygen atoms in total. The Bertz CT molecular complexity index is 418. The fourth-order valence-corrected chi connectivity index (χ4v) is 2.11. The van der Waals surface area contributed by atoms with E-state index in [-0.39, 0.29) is 5.91 Å². The number of carbonyl (C=O) groups excluding carboxylic acids is 1. The summed E-state index contributed by atoms with van der Waals surface area (Å²) in [7, 11) is 0. The van der Waals surface area contributed by atoms with E-state index in [9.17, 15) is 9.59 Å². The second kappa shape index (κ2) is 5.61. The van der Waals surface area contributed by atoms with Crippen LogP contribution in [0, 0.1) is 5.92 Å². The minimum absolute atomic E-state index is 0.0473. The van der Waals surface area contributed by atoms with Gasteiger partial charge in [0.2, 0.25) is 5.91 Å². The molecular weight excluding hydrogens is 236 g/mol. The highest BCUT2D eigenvalue weighted by Crippen LogP contribution is 2.17. The Morgan fingerprint density at radius 2 is 2.33 bits per heavy atom. The Hall–Kier alpha value is -1.92. The Balaban J connectivity index is 1.79. The Morgan fingerprint density at radius 3 is 3.00 bits per heavy atom. The van der Waals surface area contributed by atoms with E-state index in [1.807, 2.05) is 0 Å². The normalized spacial score (nSPS) is 20.1. The molecule has 1 aliphatic heterocycles. The number of aryl methyl sites for hydroxylation is 1. The molecule has 1 atom stereocenters. The number of rotatable bonds is 5. The van der Waals surface area contributed by atoms with Crippen LogP contribution in [0.15, 0.2) is 12.4 Å². The molecule has 1 aromatic heterocycles. The molecule has 1 amide bonds. The van der Waals surface area contributed by atoms with Crippen molar-refractivity contribution in [3.63, 3.8) is 0 Å². The molecule has 1 aliphatic rings. The maximum Gasteiger partial charge on any atom is 0.308 e. The molecule has 2 rings (SSSR count). The number of likely N-dealkylation sites (tertiary alicyclic amines) is 1. The smallest absolute Gasteiger partial charge is 0.308 e. The molecule has 7 heteroatoms. The first kappa shape index (κ1) is 12.5. The summed E-state index contributed by atoms with van der Waals surface area (Å²) in [5.41, 5.74) is 0. The average molecular weight is 252 g/mol. The Kier molecular flexibility index (Phi) is 3.91. The van der Waals surface area contributed by atoms with E-state index in [0.717, 1.165) is 6.42 Å². The topological polar surface area (TPSA) is 88.3 Å². The van der Waals surface area contributed by atoms with Gasteiger partial charge in [-0.05, 0) is 12.8 Å². The third kappa shape index (κ3) is 3.06. The average Bonchev–Trinajstić information content (AvgIpc) is 2.84. The zero-order valence-corrected chi connectivity index (χ0v) is 10.0. The maximum absolute atomic E-state index is 11.7. The van der Waals surface area contributed by atoms with Crippen LogP contribution in [-0.2, 0) is 16.1 Å². The third-order valence-electron chi connectivity index (χ3n) is 3.14. The maximum atomic E-state index is 11.7. The summed E-state index contributed by atoms with van der Waals surface area (Å²) in [6.45, 7) is 1.58. The number of carboxylic acid groups (broad SMARTS) is 1. The highest BCUT2D eigenvalue weighted by atomic mass is 16.4. The number of aromatic nitrogens is 3. The number of hydrogen-bond acceptors (Lipinski definition) is 4. The van der Waals surface area contributed by atoms with Gasteiger partial charge in [-0.25, -0.2) is 0 Å². The molecule has 1 saturated heterocycles. The van der Waals surface area contributed by atoms with Crippen molar-refractivity contribution in [2.45, 2.75) is 25.8 Å². The molecular formula is C11H16N4O3. The van der Waals surface area contributed by atoms with Gasteiger partial charge in [0.1, 0.15) is 0 Å². The second-order valence-electron chi connectivity index (χ2n) is 4.43. The molecule has 0 aromatic carbocycles. The summed E-state index contributed by atoms with van der Waals surface area (Å²) in [5.74, 6) is -1.19. The number of carboxylic acids is 1. The van der Waals surface area contributed by atoms with E-state index in [2.05, 4.69) is 10.3 Å². The minimum Gasteiger partial charge on any atom is -0.481 e. The highest BCUT2D eigenvalue weighted by molar-refractivity contribution is 5.80. The fraction of sp³-hybridized carbons (Fsp3) is 0.636. The van der Waals surface area contributed by atoms with Crippen LogP contribution in [0.25, 0.3) is 0 Å². The van der Waals surface area contributed by atoms with Gasteiger partial charge in [-0.2, -0.15) is 0 Å². The van der Waals surface area contributed by atoms with E-state index in [1.54, 1.807) is 22.0 Å². The van der Waals surface area contributed by atoms with Gasteiger partial charge in [0, 0.05) is 32.3 Å².